The smallest absolute Gasteiger partial charge is 0.336 e. The summed E-state index contributed by atoms with van der Waals surface area (Å²) in [6.45, 7) is 0. The van der Waals surface area contributed by atoms with Gasteiger partial charge in [-0.3, -0.25) is 0 Å². The molecule has 0 radical (unpaired) electrons. The van der Waals surface area contributed by atoms with Gasteiger partial charge >= 0.3 is 5.63 Å². The number of methoxy groups -OCH3 is 1. The van der Waals surface area contributed by atoms with Crippen molar-refractivity contribution in [3.63, 3.8) is 0 Å². The van der Waals surface area contributed by atoms with Crippen molar-refractivity contribution in [3.8, 4) is 11.5 Å². The van der Waals surface area contributed by atoms with Crippen molar-refractivity contribution in [2.75, 3.05) is 7.11 Å². The molecule has 1 aromatic carbocycles. The third-order valence-electron chi connectivity index (χ3n) is 2.75. The number of fused-ring (bicyclic) bond motifs is 2. The number of hydrogen-bond acceptors (Lipinski definition) is 5. The predicted molar refractivity (Wildman–Crippen MR) is 59.4 cm³/mol. The van der Waals surface area contributed by atoms with Crippen LogP contribution in [0, 0.1) is 0 Å². The first kappa shape index (κ1) is 10.2. The summed E-state index contributed by atoms with van der Waals surface area (Å²) >= 11 is 0. The molecule has 1 N–H and O–H groups in total. The van der Waals surface area contributed by atoms with Crippen LogP contribution in [-0.4, -0.2) is 18.5 Å². The van der Waals surface area contributed by atoms with E-state index in [0.717, 1.165) is 10.9 Å². The molecule has 88 valence electrons. The molecule has 5 nitrogen and oxygen atoms in total. The van der Waals surface area contributed by atoms with E-state index in [1.54, 1.807) is 6.07 Å². The van der Waals surface area contributed by atoms with Gasteiger partial charge in [-0.25, -0.2) is 4.79 Å². The Bertz CT molecular complexity index is 643. The fraction of sp³-hybridized carbons (Fsp3) is 0.250. The van der Waals surface area contributed by atoms with Gasteiger partial charge in [-0.15, -0.1) is 0 Å². The van der Waals surface area contributed by atoms with Crippen LogP contribution in [0.4, 0.5) is 0 Å². The Morgan fingerprint density at radius 3 is 3.06 bits per heavy atom. The molecule has 2 heterocycles. The number of hydrogen-bond donors (Lipinski definition) is 1. The molecule has 0 aliphatic carbocycles. The second kappa shape index (κ2) is 3.49. The Morgan fingerprint density at radius 2 is 2.29 bits per heavy atom. The van der Waals surface area contributed by atoms with Gasteiger partial charge in [0, 0.05) is 23.4 Å². The van der Waals surface area contributed by atoms with E-state index >= 15 is 0 Å². The lowest BCUT2D eigenvalue weighted by molar-refractivity contribution is 0.000819. The molecule has 1 aliphatic heterocycles. The van der Waals surface area contributed by atoms with E-state index in [4.69, 9.17) is 13.9 Å². The summed E-state index contributed by atoms with van der Waals surface area (Å²) in [7, 11) is 1.47. The minimum Gasteiger partial charge on any atom is -0.490 e. The largest absolute Gasteiger partial charge is 0.490 e. The lowest BCUT2D eigenvalue weighted by Crippen LogP contribution is -2.10. The minimum atomic E-state index is -0.873. The third-order valence-corrected chi connectivity index (χ3v) is 2.75. The molecular weight excluding hydrogens is 224 g/mol. The molecule has 3 rings (SSSR count). The number of ether oxygens (including phenoxy) is 2. The highest BCUT2D eigenvalue weighted by Crippen LogP contribution is 2.42. The van der Waals surface area contributed by atoms with Gasteiger partial charge in [0.1, 0.15) is 0 Å². The van der Waals surface area contributed by atoms with Crippen LogP contribution in [0.15, 0.2) is 27.4 Å². The van der Waals surface area contributed by atoms with E-state index in [1.165, 1.54) is 13.2 Å². The molecule has 1 aliphatic rings. The lowest BCUT2D eigenvalue weighted by Gasteiger charge is -2.09. The topological polar surface area (TPSA) is 68.9 Å². The zero-order valence-corrected chi connectivity index (χ0v) is 9.10. The SMILES string of the molecule is COc1c2c(cc3ccc(=O)oc13)CC(O)O2. The summed E-state index contributed by atoms with van der Waals surface area (Å²) in [5.41, 5.74) is 0.734. The van der Waals surface area contributed by atoms with E-state index in [0.29, 0.717) is 23.5 Å². The van der Waals surface area contributed by atoms with Crippen LogP contribution < -0.4 is 15.1 Å². The molecule has 0 saturated heterocycles. The minimum absolute atomic E-state index is 0.341. The molecule has 0 saturated carbocycles. The van der Waals surface area contributed by atoms with Gasteiger partial charge in [0.05, 0.1) is 7.11 Å². The molecule has 1 atom stereocenters. The van der Waals surface area contributed by atoms with Crippen LogP contribution in [0.5, 0.6) is 11.5 Å². The van der Waals surface area contributed by atoms with Gasteiger partial charge < -0.3 is 19.0 Å². The van der Waals surface area contributed by atoms with Gasteiger partial charge in [0.15, 0.2) is 11.3 Å². The van der Waals surface area contributed by atoms with Crippen molar-refractivity contribution < 1.29 is 19.0 Å². The van der Waals surface area contributed by atoms with Gasteiger partial charge in [-0.05, 0) is 12.1 Å². The Labute approximate surface area is 96.2 Å². The van der Waals surface area contributed by atoms with Crippen molar-refractivity contribution in [1.82, 2.24) is 0 Å². The number of aliphatic hydroxyl groups excluding tert-OH is 1. The molecule has 2 aromatic rings. The summed E-state index contributed by atoms with van der Waals surface area (Å²) in [5, 5.41) is 10.2. The Hall–Kier alpha value is -2.01. The first-order valence-electron chi connectivity index (χ1n) is 5.17. The van der Waals surface area contributed by atoms with E-state index in [1.807, 2.05) is 6.07 Å². The van der Waals surface area contributed by atoms with E-state index < -0.39 is 11.9 Å². The van der Waals surface area contributed by atoms with Crippen molar-refractivity contribution >= 4 is 11.0 Å². The number of aliphatic hydroxyl groups is 1. The van der Waals surface area contributed by atoms with Crippen LogP contribution in [0.2, 0.25) is 0 Å². The summed E-state index contributed by atoms with van der Waals surface area (Å²) < 4.78 is 15.6. The summed E-state index contributed by atoms with van der Waals surface area (Å²) in [5.74, 6) is 0.800. The summed E-state index contributed by atoms with van der Waals surface area (Å²) in [6.07, 6.45) is -0.469. The maximum Gasteiger partial charge on any atom is 0.336 e. The Balaban J connectivity index is 2.38. The molecular formula is C12H10O5. The highest BCUT2D eigenvalue weighted by atomic mass is 16.6. The molecule has 0 spiro atoms. The van der Waals surface area contributed by atoms with Gasteiger partial charge in [-0.2, -0.15) is 0 Å². The molecule has 5 heteroatoms. The van der Waals surface area contributed by atoms with Gasteiger partial charge in [0.2, 0.25) is 12.0 Å². The van der Waals surface area contributed by atoms with Crippen LogP contribution >= 0.6 is 0 Å². The van der Waals surface area contributed by atoms with Gasteiger partial charge in [0.25, 0.3) is 0 Å². The van der Waals surface area contributed by atoms with Crippen LogP contribution in [0.1, 0.15) is 5.56 Å². The van der Waals surface area contributed by atoms with Crippen molar-refractivity contribution in [2.45, 2.75) is 12.7 Å². The first-order valence-corrected chi connectivity index (χ1v) is 5.17. The zero-order valence-electron chi connectivity index (χ0n) is 9.10. The quantitative estimate of drug-likeness (QED) is 0.747. The average molecular weight is 234 g/mol. The van der Waals surface area contributed by atoms with E-state index in [-0.39, 0.29) is 0 Å². The molecule has 0 bridgehead atoms. The molecule has 0 fully saturated rings. The molecule has 1 unspecified atom stereocenters. The van der Waals surface area contributed by atoms with Crippen LogP contribution in [0.25, 0.3) is 11.0 Å². The molecule has 0 amide bonds. The highest BCUT2D eigenvalue weighted by molar-refractivity contribution is 5.87. The maximum absolute atomic E-state index is 11.2. The Morgan fingerprint density at radius 1 is 1.47 bits per heavy atom. The number of benzene rings is 1. The fourth-order valence-electron chi connectivity index (χ4n) is 2.05. The second-order valence-corrected chi connectivity index (χ2v) is 3.85. The highest BCUT2D eigenvalue weighted by Gasteiger charge is 2.27. The first-order chi connectivity index (χ1) is 8.19. The third kappa shape index (κ3) is 1.47. The standard InChI is InChI=1S/C12H10O5/c1-15-12-10-6(2-3-8(13)16-10)4-7-5-9(14)17-11(7)12/h2-4,9,14H,5H2,1H3. The van der Waals surface area contributed by atoms with E-state index in [9.17, 15) is 9.90 Å². The van der Waals surface area contributed by atoms with Crippen molar-refractivity contribution in [1.29, 1.82) is 0 Å². The van der Waals surface area contributed by atoms with E-state index in [2.05, 4.69) is 0 Å². The molecule has 1 aromatic heterocycles. The van der Waals surface area contributed by atoms with Crippen molar-refractivity contribution in [2.24, 2.45) is 0 Å². The summed E-state index contributed by atoms with van der Waals surface area (Å²) in [4.78, 5) is 11.2. The molecule has 17 heavy (non-hydrogen) atoms. The second-order valence-electron chi connectivity index (χ2n) is 3.85. The zero-order chi connectivity index (χ0) is 12.0. The fourth-order valence-corrected chi connectivity index (χ4v) is 2.05. The Kier molecular flexibility index (Phi) is 2.09. The lowest BCUT2D eigenvalue weighted by atomic mass is 10.1. The summed E-state index contributed by atoms with van der Waals surface area (Å²) in [6, 6.07) is 4.83. The maximum atomic E-state index is 11.2. The number of rotatable bonds is 1. The van der Waals surface area contributed by atoms with Gasteiger partial charge in [-0.1, -0.05) is 0 Å². The monoisotopic (exact) mass is 234 g/mol. The predicted octanol–water partition coefficient (Wildman–Crippen LogP) is 1.05. The normalized spacial score (nSPS) is 17.9. The average Bonchev–Trinajstić information content (AvgIpc) is 2.66. The van der Waals surface area contributed by atoms with Crippen molar-refractivity contribution in [3.05, 3.63) is 34.2 Å². The van der Waals surface area contributed by atoms with Crippen LogP contribution in [0.3, 0.4) is 0 Å². The van der Waals surface area contributed by atoms with Crippen LogP contribution in [-0.2, 0) is 6.42 Å².